The SMILES string of the molecule is CC[Si](CC)(CC)O[C@@H](C(=O)O[C@H]1C[C@@]2(O)[C@@H](OC(=O)c3ccccc3)[C@@H]3[C@]4(OC(C)=O)CO[C@@H]4C[C@H](O)[C@@]3(C)C(=O)[C@H](OCCN3CCCC3)C(=C1C)C2(C)C)[C@@H](NC(=O)OC(C)(C)C)c1ccccc1. The topological polar surface area (TPSA) is 206 Å². The molecule has 2 saturated heterocycles. The van der Waals surface area contributed by atoms with E-state index in [0.717, 1.165) is 25.9 Å². The van der Waals surface area contributed by atoms with Crippen molar-refractivity contribution in [3.63, 3.8) is 0 Å². The van der Waals surface area contributed by atoms with E-state index in [9.17, 15) is 24.6 Å². The zero-order valence-electron chi connectivity index (χ0n) is 44.1. The zero-order chi connectivity index (χ0) is 52.6. The van der Waals surface area contributed by atoms with Crippen LogP contribution in [0.2, 0.25) is 18.1 Å². The molecule has 0 spiro atoms. The number of nitrogens with one attached hydrogen (secondary N) is 1. The molecule has 11 atom stereocenters. The lowest BCUT2D eigenvalue weighted by molar-refractivity contribution is -0.346. The number of Topliss-reactive ketones (excluding diaryl/α,β-unsaturated/α-hetero) is 1. The Morgan fingerprint density at radius 3 is 2.10 bits per heavy atom. The van der Waals surface area contributed by atoms with Crippen molar-refractivity contribution in [1.29, 1.82) is 0 Å². The van der Waals surface area contributed by atoms with Gasteiger partial charge in [0.25, 0.3) is 0 Å². The van der Waals surface area contributed by atoms with Gasteiger partial charge in [-0.05, 0) is 108 Å². The number of rotatable bonds is 17. The molecule has 2 aliphatic heterocycles. The minimum atomic E-state index is -2.72. The maximum atomic E-state index is 16.2. The Kier molecular flexibility index (Phi) is 16.4. The van der Waals surface area contributed by atoms with E-state index >= 15 is 9.59 Å². The third kappa shape index (κ3) is 10.3. The Morgan fingerprint density at radius 2 is 1.54 bits per heavy atom. The van der Waals surface area contributed by atoms with E-state index in [1.54, 1.807) is 103 Å². The average Bonchev–Trinajstić information content (AvgIpc) is 3.86. The van der Waals surface area contributed by atoms with Gasteiger partial charge in [-0.15, -0.1) is 0 Å². The Hall–Kier alpha value is -4.49. The number of nitrogens with zero attached hydrogens (tertiary/aromatic N) is 1. The first-order valence-corrected chi connectivity index (χ1v) is 28.4. The van der Waals surface area contributed by atoms with E-state index < -0.39 is 121 Å². The molecule has 0 aromatic heterocycles. The summed E-state index contributed by atoms with van der Waals surface area (Å²) in [6.07, 6.45) is -7.53. The number of ketones is 1. The van der Waals surface area contributed by atoms with E-state index in [1.807, 2.05) is 26.8 Å². The van der Waals surface area contributed by atoms with Crippen LogP contribution in [0.4, 0.5) is 4.79 Å². The van der Waals surface area contributed by atoms with Crippen LogP contribution >= 0.6 is 0 Å². The number of hydrogen-bond donors (Lipinski definition) is 3. The highest BCUT2D eigenvalue weighted by atomic mass is 28.4. The number of benzene rings is 2. The van der Waals surface area contributed by atoms with Crippen molar-refractivity contribution in [1.82, 2.24) is 10.2 Å². The second-order valence-electron chi connectivity index (χ2n) is 22.3. The molecule has 0 radical (unpaired) electrons. The molecule has 2 saturated carbocycles. The Labute approximate surface area is 425 Å². The molecule has 2 aromatic carbocycles. The quantitative estimate of drug-likeness (QED) is 0.0611. The summed E-state index contributed by atoms with van der Waals surface area (Å²) in [5, 5.41) is 29.6. The van der Waals surface area contributed by atoms with Gasteiger partial charge in [0, 0.05) is 31.7 Å². The van der Waals surface area contributed by atoms with E-state index in [2.05, 4.69) is 10.2 Å². The maximum absolute atomic E-state index is 16.2. The molecule has 396 valence electrons. The first-order valence-electron chi connectivity index (χ1n) is 25.9. The molecule has 3 N–H and O–H groups in total. The fraction of sp³-hybridized carbons (Fsp3) is 0.655. The van der Waals surface area contributed by atoms with Crippen molar-refractivity contribution < 1.29 is 67.0 Å². The van der Waals surface area contributed by atoms with Gasteiger partial charge in [-0.25, -0.2) is 14.4 Å². The highest BCUT2D eigenvalue weighted by Gasteiger charge is 2.78. The van der Waals surface area contributed by atoms with Gasteiger partial charge in [0.15, 0.2) is 25.8 Å². The van der Waals surface area contributed by atoms with Gasteiger partial charge >= 0.3 is 24.0 Å². The van der Waals surface area contributed by atoms with Crippen LogP contribution in [0.15, 0.2) is 71.8 Å². The summed E-state index contributed by atoms with van der Waals surface area (Å²) in [6.45, 7) is 21.4. The molecule has 4 fully saturated rings. The predicted octanol–water partition coefficient (Wildman–Crippen LogP) is 7.41. The zero-order valence-corrected chi connectivity index (χ0v) is 45.1. The van der Waals surface area contributed by atoms with Crippen LogP contribution in [0.3, 0.4) is 0 Å². The molecule has 16 nitrogen and oxygen atoms in total. The van der Waals surface area contributed by atoms with Crippen LogP contribution in [0.1, 0.15) is 124 Å². The number of carbonyl (C=O) groups is 5. The Morgan fingerprint density at radius 1 is 0.931 bits per heavy atom. The predicted molar refractivity (Wildman–Crippen MR) is 269 cm³/mol. The average molecular weight is 1020 g/mol. The number of fused-ring (bicyclic) bond motifs is 5. The summed E-state index contributed by atoms with van der Waals surface area (Å²) >= 11 is 0. The molecular weight excluding hydrogens is 941 g/mol. The standard InChI is InChI=1S/C55H78N2O14Si/c1-12-72(13-2,14-3)71-44(42(36-23-17-15-18-24-36)56-50(63)70-51(6,7)8)49(62)67-38-32-55(64)47(68-48(61)37-25-19-16-20-26-37)45-53(11,39(59)31-40-54(45,33-66-40)69-35(5)58)46(60)43(41(34(38)4)52(55,9)10)65-30-29-57-27-21-22-28-57/h15-20,23-26,38-40,42-45,47,59,64H,12-14,21-22,27-33H2,1-11H3,(H,56,63)/t38-,39-,40+,42-,43+,44+,45-,47-,53+,54-,55+/m0/s1. The summed E-state index contributed by atoms with van der Waals surface area (Å²) < 4.78 is 45.4. The van der Waals surface area contributed by atoms with Crippen LogP contribution < -0.4 is 5.32 Å². The number of alkyl carbamates (subject to hydrolysis) is 1. The molecule has 7 rings (SSSR count). The third-order valence-electron chi connectivity index (χ3n) is 16.7. The largest absolute Gasteiger partial charge is 0.456 e. The molecule has 17 heteroatoms. The Balaban J connectivity index is 1.44. The van der Waals surface area contributed by atoms with Gasteiger partial charge in [-0.2, -0.15) is 0 Å². The highest BCUT2D eigenvalue weighted by Crippen LogP contribution is 2.64. The second kappa shape index (κ2) is 21.4. The highest BCUT2D eigenvalue weighted by molar-refractivity contribution is 6.73. The number of hydrogen-bond acceptors (Lipinski definition) is 15. The monoisotopic (exact) mass is 1020 g/mol. The fourth-order valence-corrected chi connectivity index (χ4v) is 15.1. The van der Waals surface area contributed by atoms with Gasteiger partial charge in [-0.3, -0.25) is 9.59 Å². The normalized spacial score (nSPS) is 31.1. The fourth-order valence-electron chi connectivity index (χ4n) is 12.4. The number of carbonyl (C=O) groups excluding carboxylic acids is 5. The van der Waals surface area contributed by atoms with Crippen molar-refractivity contribution in [3.05, 3.63) is 82.9 Å². The molecule has 2 bridgehead atoms. The van der Waals surface area contributed by atoms with Crippen molar-refractivity contribution in [3.8, 4) is 0 Å². The van der Waals surface area contributed by atoms with E-state index in [1.165, 1.54) is 6.92 Å². The summed E-state index contributed by atoms with van der Waals surface area (Å²) in [5.41, 5.74) is -6.81. The van der Waals surface area contributed by atoms with Crippen LogP contribution in [0, 0.1) is 16.7 Å². The molecule has 72 heavy (non-hydrogen) atoms. The van der Waals surface area contributed by atoms with Crippen LogP contribution in [-0.4, -0.2) is 139 Å². The van der Waals surface area contributed by atoms with Gasteiger partial charge in [-0.1, -0.05) is 83.1 Å². The van der Waals surface area contributed by atoms with Gasteiger partial charge in [0.2, 0.25) is 0 Å². The van der Waals surface area contributed by atoms with Gasteiger partial charge in [0.1, 0.15) is 35.6 Å². The number of esters is 3. The summed E-state index contributed by atoms with van der Waals surface area (Å²) in [4.78, 5) is 75.7. The lowest BCUT2D eigenvalue weighted by Gasteiger charge is -2.67. The van der Waals surface area contributed by atoms with E-state index in [4.69, 9.17) is 32.8 Å². The molecule has 1 amide bonds. The molecule has 3 aliphatic carbocycles. The minimum absolute atomic E-state index is 0.0962. The number of amides is 1. The second-order valence-corrected chi connectivity index (χ2v) is 27.0. The van der Waals surface area contributed by atoms with Gasteiger partial charge in [0.05, 0.1) is 42.3 Å². The lowest BCUT2D eigenvalue weighted by atomic mass is 9.44. The number of aliphatic hydroxyl groups excluding tert-OH is 1. The first kappa shape index (κ1) is 55.3. The first-order chi connectivity index (χ1) is 33.9. The Bertz CT molecular complexity index is 2320. The molecular formula is C55H78N2O14Si. The van der Waals surface area contributed by atoms with Crippen molar-refractivity contribution in [2.24, 2.45) is 16.7 Å². The smallest absolute Gasteiger partial charge is 0.408 e. The van der Waals surface area contributed by atoms with Crippen LogP contribution in [-0.2, 0) is 47.2 Å². The van der Waals surface area contributed by atoms with Crippen molar-refractivity contribution in [2.75, 3.05) is 32.8 Å². The summed E-state index contributed by atoms with van der Waals surface area (Å²) in [6, 6.07) is 18.0. The number of ether oxygens (including phenoxy) is 6. The molecule has 5 aliphatic rings. The maximum Gasteiger partial charge on any atom is 0.408 e. The molecule has 0 unspecified atom stereocenters. The third-order valence-corrected chi connectivity index (χ3v) is 21.3. The van der Waals surface area contributed by atoms with Crippen LogP contribution in [0.5, 0.6) is 0 Å². The number of likely N-dealkylation sites (tertiary alicyclic amines) is 1. The van der Waals surface area contributed by atoms with Crippen molar-refractivity contribution >= 4 is 38.1 Å². The van der Waals surface area contributed by atoms with Gasteiger partial charge < -0.3 is 53.3 Å². The van der Waals surface area contributed by atoms with E-state index in [0.29, 0.717) is 41.4 Å². The van der Waals surface area contributed by atoms with Crippen LogP contribution in [0.25, 0.3) is 0 Å². The molecule has 2 aromatic rings. The lowest BCUT2D eigenvalue weighted by Crippen LogP contribution is -2.82. The molecule has 2 heterocycles. The number of aliphatic hydroxyl groups is 2. The summed E-state index contributed by atoms with van der Waals surface area (Å²) in [5.74, 6) is -4.41. The minimum Gasteiger partial charge on any atom is -0.456 e. The van der Waals surface area contributed by atoms with E-state index in [-0.39, 0.29) is 25.2 Å². The van der Waals surface area contributed by atoms with Crippen molar-refractivity contribution in [2.45, 2.75) is 179 Å². The summed E-state index contributed by atoms with van der Waals surface area (Å²) in [7, 11) is -2.72.